The molecule has 1 aromatic rings. The molecule has 0 unspecified atom stereocenters. The van der Waals surface area contributed by atoms with E-state index in [1.54, 1.807) is 18.3 Å². The second-order valence-electron chi connectivity index (χ2n) is 3.81. The lowest BCUT2D eigenvalue weighted by Gasteiger charge is -2.10. The maximum absolute atomic E-state index is 11.7. The highest BCUT2D eigenvalue weighted by molar-refractivity contribution is 5.92. The fourth-order valence-corrected chi connectivity index (χ4v) is 1.21. The van der Waals surface area contributed by atoms with Gasteiger partial charge < -0.3 is 16.0 Å². The number of carbonyl (C=O) groups is 1. The summed E-state index contributed by atoms with van der Waals surface area (Å²) in [4.78, 5) is 17.7. The zero-order chi connectivity index (χ0) is 12.0. The predicted molar refractivity (Wildman–Crippen MR) is 63.0 cm³/mol. The Morgan fingerprint density at radius 2 is 2.31 bits per heavy atom. The fraction of sp³-hybridized carbons (Fsp3) is 0.455. The van der Waals surface area contributed by atoms with Crippen LogP contribution in [0.5, 0.6) is 0 Å². The molecule has 0 spiro atoms. The van der Waals surface area contributed by atoms with Crippen molar-refractivity contribution < 1.29 is 4.79 Å². The van der Waals surface area contributed by atoms with Crippen molar-refractivity contribution in [3.8, 4) is 0 Å². The summed E-state index contributed by atoms with van der Waals surface area (Å²) in [5.74, 6) is -0.155. The lowest BCUT2D eigenvalue weighted by Crippen LogP contribution is -2.31. The van der Waals surface area contributed by atoms with Gasteiger partial charge in [0.1, 0.15) is 5.69 Å². The van der Waals surface area contributed by atoms with Gasteiger partial charge in [-0.3, -0.25) is 9.78 Å². The van der Waals surface area contributed by atoms with Crippen molar-refractivity contribution in [1.29, 1.82) is 0 Å². The minimum absolute atomic E-state index is 0.155. The van der Waals surface area contributed by atoms with Gasteiger partial charge in [0.15, 0.2) is 0 Å². The van der Waals surface area contributed by atoms with E-state index >= 15 is 0 Å². The quantitative estimate of drug-likeness (QED) is 0.725. The molecule has 0 saturated heterocycles. The number of rotatable bonds is 5. The lowest BCUT2D eigenvalue weighted by molar-refractivity contribution is 0.0946. The summed E-state index contributed by atoms with van der Waals surface area (Å²) >= 11 is 0. The molecule has 0 bridgehead atoms. The van der Waals surface area contributed by atoms with E-state index in [-0.39, 0.29) is 5.91 Å². The molecule has 1 aromatic heterocycles. The summed E-state index contributed by atoms with van der Waals surface area (Å²) in [6.45, 7) is 1.84. The van der Waals surface area contributed by atoms with Crippen molar-refractivity contribution in [2.75, 3.05) is 27.2 Å². The van der Waals surface area contributed by atoms with E-state index in [9.17, 15) is 4.79 Å². The minimum Gasteiger partial charge on any atom is -0.349 e. The molecule has 0 aliphatic rings. The first-order valence-electron chi connectivity index (χ1n) is 5.21. The van der Waals surface area contributed by atoms with E-state index in [4.69, 9.17) is 5.73 Å². The number of nitrogens with two attached hydrogens (primary N) is 1. The van der Waals surface area contributed by atoms with Crippen molar-refractivity contribution in [3.05, 3.63) is 29.6 Å². The van der Waals surface area contributed by atoms with Gasteiger partial charge in [-0.2, -0.15) is 0 Å². The van der Waals surface area contributed by atoms with E-state index in [0.717, 1.165) is 12.1 Å². The molecule has 16 heavy (non-hydrogen) atoms. The molecule has 5 heteroatoms. The van der Waals surface area contributed by atoms with Crippen LogP contribution in [0.3, 0.4) is 0 Å². The summed E-state index contributed by atoms with van der Waals surface area (Å²) in [6.07, 6.45) is 1.60. The van der Waals surface area contributed by atoms with Gasteiger partial charge in [-0.05, 0) is 31.8 Å². The zero-order valence-corrected chi connectivity index (χ0v) is 9.73. The van der Waals surface area contributed by atoms with E-state index in [2.05, 4.69) is 10.3 Å². The van der Waals surface area contributed by atoms with E-state index in [1.807, 2.05) is 19.0 Å². The van der Waals surface area contributed by atoms with Gasteiger partial charge in [0, 0.05) is 25.8 Å². The van der Waals surface area contributed by atoms with Crippen LogP contribution >= 0.6 is 0 Å². The molecule has 5 nitrogen and oxygen atoms in total. The van der Waals surface area contributed by atoms with Gasteiger partial charge >= 0.3 is 0 Å². The average Bonchev–Trinajstić information content (AvgIpc) is 2.28. The van der Waals surface area contributed by atoms with Gasteiger partial charge in [0.25, 0.3) is 5.91 Å². The van der Waals surface area contributed by atoms with Crippen LogP contribution in [0.25, 0.3) is 0 Å². The molecule has 88 valence electrons. The number of likely N-dealkylation sites (N-methyl/N-ethyl adjacent to an activating group) is 1. The number of nitrogens with one attached hydrogen (secondary N) is 1. The number of hydrogen-bond donors (Lipinski definition) is 2. The normalized spacial score (nSPS) is 10.5. The van der Waals surface area contributed by atoms with Crippen LogP contribution in [0.4, 0.5) is 0 Å². The molecule has 0 radical (unpaired) electrons. The predicted octanol–water partition coefficient (Wildman–Crippen LogP) is -0.168. The Labute approximate surface area is 95.7 Å². The molecule has 0 aliphatic carbocycles. The lowest BCUT2D eigenvalue weighted by atomic mass is 10.2. The van der Waals surface area contributed by atoms with Gasteiger partial charge in [-0.1, -0.05) is 0 Å². The number of nitrogens with zero attached hydrogens (tertiary/aromatic N) is 2. The molecule has 0 aromatic carbocycles. The summed E-state index contributed by atoms with van der Waals surface area (Å²) in [7, 11) is 3.92. The first-order valence-corrected chi connectivity index (χ1v) is 5.21. The van der Waals surface area contributed by atoms with Crippen LogP contribution in [0.2, 0.25) is 0 Å². The summed E-state index contributed by atoms with van der Waals surface area (Å²) < 4.78 is 0. The van der Waals surface area contributed by atoms with Gasteiger partial charge in [0.2, 0.25) is 0 Å². The maximum atomic E-state index is 11.7. The Morgan fingerprint density at radius 1 is 1.56 bits per heavy atom. The zero-order valence-electron chi connectivity index (χ0n) is 9.73. The van der Waals surface area contributed by atoms with Crippen LogP contribution in [-0.4, -0.2) is 43.0 Å². The van der Waals surface area contributed by atoms with Gasteiger partial charge in [0.05, 0.1) is 0 Å². The molecular weight excluding hydrogens is 204 g/mol. The average molecular weight is 222 g/mol. The highest BCUT2D eigenvalue weighted by Crippen LogP contribution is 2.00. The van der Waals surface area contributed by atoms with Crippen molar-refractivity contribution in [2.24, 2.45) is 5.73 Å². The third-order valence-electron chi connectivity index (χ3n) is 2.14. The SMILES string of the molecule is CN(C)CCNC(=O)c1cc(CN)ccn1. The molecule has 0 aliphatic heterocycles. The third kappa shape index (κ3) is 3.96. The standard InChI is InChI=1S/C11H18N4O/c1-15(2)6-5-14-11(16)10-7-9(8-12)3-4-13-10/h3-4,7H,5-6,8,12H2,1-2H3,(H,14,16). The van der Waals surface area contributed by atoms with Crippen LogP contribution in [0, 0.1) is 0 Å². The summed E-state index contributed by atoms with van der Waals surface area (Å²) in [5.41, 5.74) is 6.82. The highest BCUT2D eigenvalue weighted by atomic mass is 16.1. The summed E-state index contributed by atoms with van der Waals surface area (Å²) in [6, 6.07) is 3.52. The van der Waals surface area contributed by atoms with Crippen LogP contribution in [-0.2, 0) is 6.54 Å². The number of carbonyl (C=O) groups excluding carboxylic acids is 1. The van der Waals surface area contributed by atoms with Crippen LogP contribution < -0.4 is 11.1 Å². The van der Waals surface area contributed by atoms with Gasteiger partial charge in [-0.15, -0.1) is 0 Å². The number of amides is 1. The molecule has 1 heterocycles. The minimum atomic E-state index is -0.155. The molecule has 0 atom stereocenters. The van der Waals surface area contributed by atoms with Crippen molar-refractivity contribution in [2.45, 2.75) is 6.54 Å². The number of hydrogen-bond acceptors (Lipinski definition) is 4. The molecular formula is C11H18N4O. The van der Waals surface area contributed by atoms with E-state index < -0.39 is 0 Å². The van der Waals surface area contributed by atoms with E-state index in [1.165, 1.54) is 0 Å². The van der Waals surface area contributed by atoms with Crippen LogP contribution in [0.1, 0.15) is 16.1 Å². The number of pyridine rings is 1. The molecule has 3 N–H and O–H groups in total. The molecule has 1 amide bonds. The molecule has 1 rings (SSSR count). The fourth-order valence-electron chi connectivity index (χ4n) is 1.21. The second kappa shape index (κ2) is 6.19. The molecule has 0 saturated carbocycles. The Hall–Kier alpha value is -1.46. The van der Waals surface area contributed by atoms with Crippen molar-refractivity contribution >= 4 is 5.91 Å². The topological polar surface area (TPSA) is 71.2 Å². The summed E-state index contributed by atoms with van der Waals surface area (Å²) in [5, 5.41) is 2.80. The third-order valence-corrected chi connectivity index (χ3v) is 2.14. The maximum Gasteiger partial charge on any atom is 0.269 e. The second-order valence-corrected chi connectivity index (χ2v) is 3.81. The Morgan fingerprint density at radius 3 is 2.94 bits per heavy atom. The van der Waals surface area contributed by atoms with Gasteiger partial charge in [-0.25, -0.2) is 0 Å². The highest BCUT2D eigenvalue weighted by Gasteiger charge is 2.06. The smallest absolute Gasteiger partial charge is 0.269 e. The Kier molecular flexibility index (Phi) is 4.88. The largest absolute Gasteiger partial charge is 0.349 e. The van der Waals surface area contributed by atoms with Crippen molar-refractivity contribution in [3.63, 3.8) is 0 Å². The Balaban J connectivity index is 2.52. The molecule has 0 fully saturated rings. The first kappa shape index (κ1) is 12.6. The first-order chi connectivity index (χ1) is 7.63. The van der Waals surface area contributed by atoms with Crippen molar-refractivity contribution in [1.82, 2.24) is 15.2 Å². The van der Waals surface area contributed by atoms with E-state index in [0.29, 0.717) is 18.8 Å². The van der Waals surface area contributed by atoms with Crippen LogP contribution in [0.15, 0.2) is 18.3 Å². The number of aromatic nitrogens is 1. The Bertz CT molecular complexity index is 352. The monoisotopic (exact) mass is 222 g/mol.